The molecule has 0 aliphatic carbocycles. The van der Waals surface area contributed by atoms with Crippen molar-refractivity contribution < 1.29 is 13.9 Å². The van der Waals surface area contributed by atoms with Crippen molar-refractivity contribution in [1.29, 1.82) is 0 Å². The third-order valence-electron chi connectivity index (χ3n) is 4.06. The summed E-state index contributed by atoms with van der Waals surface area (Å²) in [6, 6.07) is 13.4. The van der Waals surface area contributed by atoms with E-state index in [1.54, 1.807) is 26.4 Å². The molecule has 0 unspecified atom stereocenters. The molecule has 0 fully saturated rings. The van der Waals surface area contributed by atoms with Gasteiger partial charge in [0, 0.05) is 33.0 Å². The molecule has 0 aliphatic heterocycles. The van der Waals surface area contributed by atoms with Crippen molar-refractivity contribution in [2.45, 2.75) is 25.7 Å². The number of benzene rings is 2. The topological polar surface area (TPSA) is 18.5 Å². The van der Waals surface area contributed by atoms with E-state index in [0.717, 1.165) is 44.5 Å². The van der Waals surface area contributed by atoms with Crippen molar-refractivity contribution in [3.8, 4) is 0 Å². The fourth-order valence-electron chi connectivity index (χ4n) is 2.81. The van der Waals surface area contributed by atoms with Crippen molar-refractivity contribution in [3.05, 3.63) is 70.5 Å². The van der Waals surface area contributed by atoms with Gasteiger partial charge in [-0.05, 0) is 48.4 Å². The lowest BCUT2D eigenvalue weighted by molar-refractivity contribution is 0.195. The molecule has 0 heterocycles. The van der Waals surface area contributed by atoms with Gasteiger partial charge in [-0.15, -0.1) is 0 Å². The Labute approximate surface area is 150 Å². The van der Waals surface area contributed by atoms with Gasteiger partial charge in [0.25, 0.3) is 0 Å². The zero-order valence-corrected chi connectivity index (χ0v) is 15.1. The third-order valence-corrected chi connectivity index (χ3v) is 4.06. The molecule has 0 saturated carbocycles. The van der Waals surface area contributed by atoms with Crippen molar-refractivity contribution in [2.75, 3.05) is 27.4 Å². The maximum Gasteiger partial charge on any atom is 0.130 e. The molecule has 134 valence electrons. The van der Waals surface area contributed by atoms with Gasteiger partial charge in [-0.25, -0.2) is 4.39 Å². The van der Waals surface area contributed by atoms with E-state index in [9.17, 15) is 4.39 Å². The van der Waals surface area contributed by atoms with Crippen LogP contribution in [0.1, 0.15) is 35.1 Å². The lowest BCUT2D eigenvalue weighted by atomic mass is 9.99. The minimum atomic E-state index is -0.199. The highest BCUT2D eigenvalue weighted by atomic mass is 19.1. The first-order valence-electron chi connectivity index (χ1n) is 8.76. The Kier molecular flexibility index (Phi) is 8.36. The Morgan fingerprint density at radius 3 is 2.00 bits per heavy atom. The predicted molar refractivity (Wildman–Crippen MR) is 102 cm³/mol. The Morgan fingerprint density at radius 1 is 0.840 bits per heavy atom. The fourth-order valence-corrected chi connectivity index (χ4v) is 2.81. The standard InChI is InChI=1S/C22H27FO2/c1-24-13-5-7-18-15-19(8-6-14-25-2)17-20(16-18)11-12-21-9-3-4-10-22(21)23/h3-4,9-12,15-17H,5-8,13-14H2,1-2H3. The highest BCUT2D eigenvalue weighted by Crippen LogP contribution is 2.18. The number of halogens is 1. The van der Waals surface area contributed by atoms with Gasteiger partial charge in [0.15, 0.2) is 0 Å². The molecular formula is C22H27FO2. The molecule has 0 amide bonds. The molecule has 2 aromatic rings. The smallest absolute Gasteiger partial charge is 0.130 e. The molecule has 0 saturated heterocycles. The van der Waals surface area contributed by atoms with Gasteiger partial charge in [-0.3, -0.25) is 0 Å². The average Bonchev–Trinajstić information content (AvgIpc) is 2.61. The third kappa shape index (κ3) is 6.81. The minimum Gasteiger partial charge on any atom is -0.385 e. The second-order valence-electron chi connectivity index (χ2n) is 6.13. The molecule has 0 aliphatic rings. The van der Waals surface area contributed by atoms with Crippen LogP contribution in [-0.2, 0) is 22.3 Å². The maximum atomic E-state index is 13.8. The fraction of sp³-hybridized carbons (Fsp3) is 0.364. The zero-order chi connectivity index (χ0) is 17.9. The van der Waals surface area contributed by atoms with Crippen LogP contribution in [0.2, 0.25) is 0 Å². The monoisotopic (exact) mass is 342 g/mol. The van der Waals surface area contributed by atoms with E-state index in [2.05, 4.69) is 18.2 Å². The summed E-state index contributed by atoms with van der Waals surface area (Å²) in [5.74, 6) is -0.199. The SMILES string of the molecule is COCCCc1cc(C=Cc2ccccc2F)cc(CCCOC)c1. The van der Waals surface area contributed by atoms with Crippen LogP contribution in [-0.4, -0.2) is 27.4 Å². The first kappa shape index (κ1) is 19.4. The quantitative estimate of drug-likeness (QED) is 0.439. The summed E-state index contributed by atoms with van der Waals surface area (Å²) in [6.45, 7) is 1.52. The molecule has 0 atom stereocenters. The summed E-state index contributed by atoms with van der Waals surface area (Å²) < 4.78 is 24.1. The molecular weight excluding hydrogens is 315 g/mol. The molecule has 2 nitrogen and oxygen atoms in total. The lowest BCUT2D eigenvalue weighted by Gasteiger charge is -2.08. The molecule has 0 spiro atoms. The van der Waals surface area contributed by atoms with Crippen LogP contribution < -0.4 is 0 Å². The van der Waals surface area contributed by atoms with E-state index < -0.39 is 0 Å². The van der Waals surface area contributed by atoms with Crippen LogP contribution >= 0.6 is 0 Å². The summed E-state index contributed by atoms with van der Waals surface area (Å²) in [6.07, 6.45) is 7.77. The van der Waals surface area contributed by atoms with Crippen molar-refractivity contribution in [1.82, 2.24) is 0 Å². The highest BCUT2D eigenvalue weighted by molar-refractivity contribution is 5.70. The molecule has 3 heteroatoms. The zero-order valence-electron chi connectivity index (χ0n) is 15.1. The maximum absolute atomic E-state index is 13.8. The van der Waals surface area contributed by atoms with Crippen LogP contribution in [0.25, 0.3) is 12.2 Å². The lowest BCUT2D eigenvalue weighted by Crippen LogP contribution is -1.97. The molecule has 0 aromatic heterocycles. The number of methoxy groups -OCH3 is 2. The van der Waals surface area contributed by atoms with Gasteiger partial charge in [0.2, 0.25) is 0 Å². The number of hydrogen-bond acceptors (Lipinski definition) is 2. The number of ether oxygens (including phenoxy) is 2. The molecule has 0 radical (unpaired) electrons. The van der Waals surface area contributed by atoms with Gasteiger partial charge in [0.05, 0.1) is 0 Å². The van der Waals surface area contributed by atoms with Gasteiger partial charge < -0.3 is 9.47 Å². The van der Waals surface area contributed by atoms with Gasteiger partial charge in [-0.1, -0.05) is 48.6 Å². The summed E-state index contributed by atoms with van der Waals surface area (Å²) in [5, 5.41) is 0. The number of hydrogen-bond donors (Lipinski definition) is 0. The molecule has 25 heavy (non-hydrogen) atoms. The first-order chi connectivity index (χ1) is 12.2. The first-order valence-corrected chi connectivity index (χ1v) is 8.76. The van der Waals surface area contributed by atoms with Gasteiger partial charge in [0.1, 0.15) is 5.82 Å². The Bertz CT molecular complexity index is 651. The minimum absolute atomic E-state index is 0.199. The Balaban J connectivity index is 2.17. The summed E-state index contributed by atoms with van der Waals surface area (Å²) in [5.41, 5.74) is 4.29. The normalized spacial score (nSPS) is 11.3. The second-order valence-corrected chi connectivity index (χ2v) is 6.13. The number of aryl methyl sites for hydroxylation is 2. The second kappa shape index (κ2) is 10.8. The average molecular weight is 342 g/mol. The molecule has 0 bridgehead atoms. The van der Waals surface area contributed by atoms with E-state index >= 15 is 0 Å². The molecule has 2 aromatic carbocycles. The Hall–Kier alpha value is -1.97. The predicted octanol–water partition coefficient (Wildman–Crippen LogP) is 5.15. The summed E-state index contributed by atoms with van der Waals surface area (Å²) in [4.78, 5) is 0. The summed E-state index contributed by atoms with van der Waals surface area (Å²) in [7, 11) is 3.45. The van der Waals surface area contributed by atoms with Crippen LogP contribution in [0.15, 0.2) is 42.5 Å². The highest BCUT2D eigenvalue weighted by Gasteiger charge is 2.02. The van der Waals surface area contributed by atoms with Crippen LogP contribution in [0, 0.1) is 5.82 Å². The van der Waals surface area contributed by atoms with Crippen LogP contribution in [0.4, 0.5) is 4.39 Å². The van der Waals surface area contributed by atoms with E-state index in [-0.39, 0.29) is 5.82 Å². The van der Waals surface area contributed by atoms with E-state index in [0.29, 0.717) is 5.56 Å². The largest absolute Gasteiger partial charge is 0.385 e. The number of rotatable bonds is 10. The van der Waals surface area contributed by atoms with Crippen LogP contribution in [0.3, 0.4) is 0 Å². The Morgan fingerprint density at radius 2 is 1.44 bits per heavy atom. The van der Waals surface area contributed by atoms with Crippen LogP contribution in [0.5, 0.6) is 0 Å². The van der Waals surface area contributed by atoms with Gasteiger partial charge in [-0.2, -0.15) is 0 Å². The van der Waals surface area contributed by atoms with Crippen molar-refractivity contribution >= 4 is 12.2 Å². The van der Waals surface area contributed by atoms with Gasteiger partial charge >= 0.3 is 0 Å². The van der Waals surface area contributed by atoms with Crippen molar-refractivity contribution in [2.24, 2.45) is 0 Å². The summed E-state index contributed by atoms with van der Waals surface area (Å²) >= 11 is 0. The van der Waals surface area contributed by atoms with E-state index in [1.807, 2.05) is 18.2 Å². The van der Waals surface area contributed by atoms with E-state index in [1.165, 1.54) is 17.2 Å². The molecule has 2 rings (SSSR count). The van der Waals surface area contributed by atoms with E-state index in [4.69, 9.17) is 9.47 Å². The molecule has 0 N–H and O–H groups in total. The van der Waals surface area contributed by atoms with Crippen molar-refractivity contribution in [3.63, 3.8) is 0 Å².